The van der Waals surface area contributed by atoms with Crippen LogP contribution in [0.3, 0.4) is 0 Å². The van der Waals surface area contributed by atoms with E-state index in [4.69, 9.17) is 21.1 Å². The van der Waals surface area contributed by atoms with Crippen LogP contribution in [0.1, 0.15) is 39.5 Å². The number of hydrogen-bond donors (Lipinski definition) is 7. The smallest absolute Gasteiger partial charge is 0.326 e. The lowest BCUT2D eigenvalue weighted by Crippen LogP contribution is -2.54. The molecule has 13 heteroatoms. The van der Waals surface area contributed by atoms with E-state index in [1.807, 2.05) is 12.2 Å². The second kappa shape index (κ2) is 13.1. The highest BCUT2D eigenvalue weighted by Crippen LogP contribution is 2.05. The summed E-state index contributed by atoms with van der Waals surface area (Å²) in [6.45, 7) is 3.05. The first-order chi connectivity index (χ1) is 13.9. The van der Waals surface area contributed by atoms with Crippen LogP contribution in [0.25, 0.3) is 0 Å². The Labute approximate surface area is 172 Å². The fourth-order valence-electron chi connectivity index (χ4n) is 2.23. The van der Waals surface area contributed by atoms with Crippen molar-refractivity contribution < 1.29 is 44.1 Å². The number of carbonyl (C=O) groups excluding carboxylic acids is 3. The molecular weight excluding hydrogens is 404 g/mol. The lowest BCUT2D eigenvalue weighted by Gasteiger charge is -2.21. The van der Waals surface area contributed by atoms with Crippen molar-refractivity contribution in [3.05, 3.63) is 0 Å². The van der Waals surface area contributed by atoms with E-state index in [0.717, 1.165) is 0 Å². The van der Waals surface area contributed by atoms with Gasteiger partial charge >= 0.3 is 17.9 Å². The monoisotopic (exact) mass is 432 g/mol. The van der Waals surface area contributed by atoms with Gasteiger partial charge < -0.3 is 37.0 Å². The lowest BCUT2D eigenvalue weighted by atomic mass is 9.99. The largest absolute Gasteiger partial charge is 0.481 e. The minimum absolute atomic E-state index is 0.135. The number of carbonyl (C=O) groups is 6. The SMILES string of the molecule is CCC(C)C(N)C(=O)NCC(=O)NC(CCC(=O)O)C(=O)NC(CC(=O)O)C(=O)O. The Kier molecular flexibility index (Phi) is 11.7. The highest BCUT2D eigenvalue weighted by molar-refractivity contribution is 5.93. The van der Waals surface area contributed by atoms with Crippen LogP contribution in [0, 0.1) is 5.92 Å². The van der Waals surface area contributed by atoms with Crippen LogP contribution in [-0.2, 0) is 28.8 Å². The molecule has 0 heterocycles. The number of aliphatic carboxylic acids is 3. The molecule has 8 N–H and O–H groups in total. The molecule has 0 saturated heterocycles. The summed E-state index contributed by atoms with van der Waals surface area (Å²) >= 11 is 0. The Morgan fingerprint density at radius 2 is 1.50 bits per heavy atom. The van der Waals surface area contributed by atoms with E-state index in [1.54, 1.807) is 6.92 Å². The van der Waals surface area contributed by atoms with Crippen LogP contribution in [0.4, 0.5) is 0 Å². The molecule has 0 bridgehead atoms. The van der Waals surface area contributed by atoms with Crippen molar-refractivity contribution in [1.29, 1.82) is 0 Å². The van der Waals surface area contributed by atoms with Gasteiger partial charge in [0.1, 0.15) is 12.1 Å². The fourth-order valence-corrected chi connectivity index (χ4v) is 2.23. The first kappa shape index (κ1) is 26.8. The normalized spacial score (nSPS) is 14.5. The van der Waals surface area contributed by atoms with Gasteiger partial charge in [-0.3, -0.25) is 24.0 Å². The Hall–Kier alpha value is -3.22. The Bertz CT molecular complexity index is 668. The van der Waals surface area contributed by atoms with E-state index < -0.39 is 73.1 Å². The van der Waals surface area contributed by atoms with Crippen molar-refractivity contribution in [3.63, 3.8) is 0 Å². The predicted octanol–water partition coefficient (Wildman–Crippen LogP) is -2.13. The summed E-state index contributed by atoms with van der Waals surface area (Å²) in [6.07, 6.45) is -1.18. The molecule has 4 atom stereocenters. The maximum atomic E-state index is 12.3. The molecule has 170 valence electrons. The molecule has 0 rings (SSSR count). The van der Waals surface area contributed by atoms with Gasteiger partial charge in [-0.05, 0) is 12.3 Å². The van der Waals surface area contributed by atoms with E-state index in [1.165, 1.54) is 0 Å². The van der Waals surface area contributed by atoms with Gasteiger partial charge in [0.25, 0.3) is 0 Å². The third kappa shape index (κ3) is 10.4. The zero-order valence-corrected chi connectivity index (χ0v) is 16.7. The summed E-state index contributed by atoms with van der Waals surface area (Å²) in [5.41, 5.74) is 5.73. The van der Waals surface area contributed by atoms with Crippen LogP contribution < -0.4 is 21.7 Å². The predicted molar refractivity (Wildman–Crippen MR) is 101 cm³/mol. The van der Waals surface area contributed by atoms with Gasteiger partial charge in [-0.15, -0.1) is 0 Å². The van der Waals surface area contributed by atoms with Crippen LogP contribution in [0.2, 0.25) is 0 Å². The number of nitrogens with one attached hydrogen (secondary N) is 3. The summed E-state index contributed by atoms with van der Waals surface area (Å²) in [5.74, 6) is -6.98. The minimum Gasteiger partial charge on any atom is -0.481 e. The van der Waals surface area contributed by atoms with Crippen molar-refractivity contribution >= 4 is 35.6 Å². The zero-order valence-electron chi connectivity index (χ0n) is 16.7. The van der Waals surface area contributed by atoms with Gasteiger partial charge in [0.15, 0.2) is 0 Å². The molecule has 0 aromatic heterocycles. The number of nitrogens with two attached hydrogens (primary N) is 1. The lowest BCUT2D eigenvalue weighted by molar-refractivity contribution is -0.147. The molecule has 0 radical (unpaired) electrons. The average molecular weight is 432 g/mol. The second-order valence-electron chi connectivity index (χ2n) is 6.68. The van der Waals surface area contributed by atoms with Crippen molar-refractivity contribution in [3.8, 4) is 0 Å². The number of amides is 3. The van der Waals surface area contributed by atoms with E-state index in [2.05, 4.69) is 10.6 Å². The molecule has 0 saturated carbocycles. The molecule has 0 aromatic carbocycles. The summed E-state index contributed by atoms with van der Waals surface area (Å²) in [4.78, 5) is 68.8. The number of rotatable bonds is 14. The average Bonchev–Trinajstić information content (AvgIpc) is 2.66. The fraction of sp³-hybridized carbons (Fsp3) is 0.647. The third-order valence-corrected chi connectivity index (χ3v) is 4.27. The van der Waals surface area contributed by atoms with Gasteiger partial charge in [-0.25, -0.2) is 4.79 Å². The first-order valence-corrected chi connectivity index (χ1v) is 9.18. The molecule has 4 unspecified atom stereocenters. The quantitative estimate of drug-likeness (QED) is 0.158. The Balaban J connectivity index is 5.02. The highest BCUT2D eigenvalue weighted by Gasteiger charge is 2.29. The van der Waals surface area contributed by atoms with Crippen LogP contribution in [0.5, 0.6) is 0 Å². The summed E-state index contributed by atoms with van der Waals surface area (Å²) in [6, 6.07) is -4.07. The summed E-state index contributed by atoms with van der Waals surface area (Å²) < 4.78 is 0. The molecule has 0 aromatic rings. The van der Waals surface area contributed by atoms with Crippen LogP contribution in [-0.4, -0.2) is 75.6 Å². The van der Waals surface area contributed by atoms with Gasteiger partial charge in [-0.1, -0.05) is 20.3 Å². The minimum atomic E-state index is -1.77. The summed E-state index contributed by atoms with van der Waals surface area (Å²) in [7, 11) is 0. The summed E-state index contributed by atoms with van der Waals surface area (Å²) in [5, 5.41) is 32.9. The topological polar surface area (TPSA) is 225 Å². The van der Waals surface area contributed by atoms with Crippen LogP contribution >= 0.6 is 0 Å². The number of carboxylic acid groups (broad SMARTS) is 3. The zero-order chi connectivity index (χ0) is 23.4. The Morgan fingerprint density at radius 3 is 1.97 bits per heavy atom. The van der Waals surface area contributed by atoms with Gasteiger partial charge in [0.05, 0.1) is 19.0 Å². The van der Waals surface area contributed by atoms with Crippen molar-refractivity contribution in [2.45, 2.75) is 57.7 Å². The molecule has 0 spiro atoms. The number of hydrogen-bond acceptors (Lipinski definition) is 7. The maximum absolute atomic E-state index is 12.3. The second-order valence-corrected chi connectivity index (χ2v) is 6.68. The van der Waals surface area contributed by atoms with Gasteiger partial charge in [-0.2, -0.15) is 0 Å². The molecule has 0 fully saturated rings. The van der Waals surface area contributed by atoms with E-state index in [0.29, 0.717) is 6.42 Å². The van der Waals surface area contributed by atoms with Crippen LogP contribution in [0.15, 0.2) is 0 Å². The molecule has 3 amide bonds. The Morgan fingerprint density at radius 1 is 0.900 bits per heavy atom. The molecule has 30 heavy (non-hydrogen) atoms. The van der Waals surface area contributed by atoms with E-state index >= 15 is 0 Å². The van der Waals surface area contributed by atoms with Crippen molar-refractivity contribution in [2.24, 2.45) is 11.7 Å². The molecule has 13 nitrogen and oxygen atoms in total. The van der Waals surface area contributed by atoms with Crippen molar-refractivity contribution in [2.75, 3.05) is 6.54 Å². The molecule has 0 aliphatic carbocycles. The van der Waals surface area contributed by atoms with E-state index in [-0.39, 0.29) is 12.3 Å². The molecule has 0 aliphatic heterocycles. The first-order valence-electron chi connectivity index (χ1n) is 9.18. The number of carboxylic acids is 3. The molecular formula is C17H28N4O9. The van der Waals surface area contributed by atoms with E-state index in [9.17, 15) is 28.8 Å². The highest BCUT2D eigenvalue weighted by atomic mass is 16.4. The van der Waals surface area contributed by atoms with Gasteiger partial charge in [0, 0.05) is 6.42 Å². The van der Waals surface area contributed by atoms with Crippen molar-refractivity contribution in [1.82, 2.24) is 16.0 Å². The third-order valence-electron chi connectivity index (χ3n) is 4.27. The van der Waals surface area contributed by atoms with Gasteiger partial charge in [0.2, 0.25) is 17.7 Å². The standard InChI is InChI=1S/C17H28N4O9/c1-3-8(2)14(18)16(28)19-7-11(22)20-9(4-5-12(23)24)15(27)21-10(17(29)30)6-13(25)26/h8-10,14H,3-7,18H2,1-2H3,(H,19,28)(H,20,22)(H,21,27)(H,23,24)(H,25,26)(H,29,30). The maximum Gasteiger partial charge on any atom is 0.326 e. The molecule has 0 aliphatic rings.